The van der Waals surface area contributed by atoms with Crippen LogP contribution in [0.15, 0.2) is 48.5 Å². The third kappa shape index (κ3) is 6.74. The molecule has 8 heteroatoms. The topological polar surface area (TPSA) is 104 Å². The lowest BCUT2D eigenvalue weighted by Gasteiger charge is -2.11. The Morgan fingerprint density at radius 3 is 2.37 bits per heavy atom. The number of benzene rings is 2. The second-order valence-electron chi connectivity index (χ2n) is 5.99. The quantitative estimate of drug-likeness (QED) is 0.645. The van der Waals surface area contributed by atoms with E-state index >= 15 is 0 Å². The van der Waals surface area contributed by atoms with Gasteiger partial charge >= 0.3 is 0 Å². The molecule has 0 aromatic heterocycles. The van der Waals surface area contributed by atoms with Gasteiger partial charge in [0.05, 0.1) is 11.4 Å². The Kier molecular flexibility index (Phi) is 6.95. The minimum absolute atomic E-state index is 0.168. The number of anilines is 3. The van der Waals surface area contributed by atoms with E-state index in [0.717, 1.165) is 12.0 Å². The van der Waals surface area contributed by atoms with Crippen molar-refractivity contribution in [3.63, 3.8) is 0 Å². The maximum absolute atomic E-state index is 12.2. The van der Waals surface area contributed by atoms with Gasteiger partial charge in [-0.2, -0.15) is 0 Å². The molecule has 0 aliphatic carbocycles. The van der Waals surface area contributed by atoms with Crippen LogP contribution in [0.25, 0.3) is 0 Å². The minimum Gasteiger partial charge on any atom is -0.326 e. The predicted molar refractivity (Wildman–Crippen MR) is 107 cm³/mol. The van der Waals surface area contributed by atoms with Gasteiger partial charge in [-0.1, -0.05) is 31.2 Å². The van der Waals surface area contributed by atoms with Gasteiger partial charge in [-0.3, -0.25) is 14.3 Å². The van der Waals surface area contributed by atoms with E-state index in [1.165, 1.54) is 13.0 Å². The van der Waals surface area contributed by atoms with Gasteiger partial charge in [0.25, 0.3) is 0 Å². The number of hydrogen-bond donors (Lipinski definition) is 3. The average Bonchev–Trinajstić information content (AvgIpc) is 2.60. The minimum atomic E-state index is -3.71. The zero-order valence-corrected chi connectivity index (χ0v) is 16.1. The van der Waals surface area contributed by atoms with Crippen LogP contribution in [0.2, 0.25) is 0 Å². The summed E-state index contributed by atoms with van der Waals surface area (Å²) in [5.74, 6) is -0.968. The van der Waals surface area contributed by atoms with Crippen molar-refractivity contribution in [1.29, 1.82) is 0 Å². The zero-order valence-electron chi connectivity index (χ0n) is 15.3. The largest absolute Gasteiger partial charge is 0.326 e. The summed E-state index contributed by atoms with van der Waals surface area (Å²) in [7, 11) is -3.71. The molecule has 2 rings (SSSR count). The van der Waals surface area contributed by atoms with E-state index in [-0.39, 0.29) is 24.0 Å². The Labute approximate surface area is 159 Å². The highest BCUT2D eigenvalue weighted by Crippen LogP contribution is 2.18. The van der Waals surface area contributed by atoms with Crippen molar-refractivity contribution in [2.45, 2.75) is 26.7 Å². The van der Waals surface area contributed by atoms with Crippen molar-refractivity contribution in [3.8, 4) is 0 Å². The zero-order chi connectivity index (χ0) is 19.9. The molecule has 0 atom stereocenters. The van der Waals surface area contributed by atoms with Gasteiger partial charge in [-0.25, -0.2) is 8.42 Å². The van der Waals surface area contributed by atoms with Gasteiger partial charge in [-0.05, 0) is 36.2 Å². The fourth-order valence-corrected chi connectivity index (χ4v) is 3.53. The van der Waals surface area contributed by atoms with Crippen molar-refractivity contribution >= 4 is 38.9 Å². The molecule has 0 fully saturated rings. The molecule has 3 N–H and O–H groups in total. The fraction of sp³-hybridized carbons (Fsp3) is 0.263. The average molecular weight is 389 g/mol. The van der Waals surface area contributed by atoms with Crippen molar-refractivity contribution in [3.05, 3.63) is 54.1 Å². The Balaban J connectivity index is 1.94. The number of aryl methyl sites for hydroxylation is 1. The molecule has 0 saturated heterocycles. The Bertz CT molecular complexity index is 926. The monoisotopic (exact) mass is 389 g/mol. The normalized spacial score (nSPS) is 10.9. The lowest BCUT2D eigenvalue weighted by atomic mass is 10.1. The summed E-state index contributed by atoms with van der Waals surface area (Å²) < 4.78 is 26.9. The molecule has 7 nitrogen and oxygen atoms in total. The molecule has 0 unspecified atom stereocenters. The summed E-state index contributed by atoms with van der Waals surface area (Å²) >= 11 is 0. The van der Waals surface area contributed by atoms with Gasteiger partial charge in [0, 0.05) is 24.7 Å². The lowest BCUT2D eigenvalue weighted by molar-refractivity contribution is -0.116. The molecule has 0 aliphatic heterocycles. The number of sulfonamides is 1. The van der Waals surface area contributed by atoms with Crippen LogP contribution in [0.1, 0.15) is 25.8 Å². The molecule has 2 aromatic carbocycles. The number of hydrogen-bond acceptors (Lipinski definition) is 4. The van der Waals surface area contributed by atoms with E-state index in [1.807, 2.05) is 25.1 Å². The molecule has 0 bridgehead atoms. The first kappa shape index (κ1) is 20.4. The molecule has 2 aromatic rings. The summed E-state index contributed by atoms with van der Waals surface area (Å²) in [6.45, 7) is 3.35. The van der Waals surface area contributed by atoms with E-state index in [9.17, 15) is 18.0 Å². The highest BCUT2D eigenvalue weighted by molar-refractivity contribution is 7.92. The molecule has 0 radical (unpaired) electrons. The van der Waals surface area contributed by atoms with E-state index in [4.69, 9.17) is 0 Å². The molecular formula is C19H23N3O4S. The van der Waals surface area contributed by atoms with E-state index in [1.54, 1.807) is 24.3 Å². The maximum atomic E-state index is 12.2. The molecule has 0 heterocycles. The maximum Gasteiger partial charge on any atom is 0.233 e. The highest BCUT2D eigenvalue weighted by Gasteiger charge is 2.14. The fourth-order valence-electron chi connectivity index (χ4n) is 2.48. The molecule has 144 valence electrons. The van der Waals surface area contributed by atoms with Gasteiger partial charge in [0.2, 0.25) is 21.8 Å². The van der Waals surface area contributed by atoms with Crippen LogP contribution in [0, 0.1) is 0 Å². The van der Waals surface area contributed by atoms with Crippen LogP contribution < -0.4 is 15.4 Å². The van der Waals surface area contributed by atoms with Crippen molar-refractivity contribution < 1.29 is 18.0 Å². The van der Waals surface area contributed by atoms with Crippen molar-refractivity contribution in [2.75, 3.05) is 21.1 Å². The van der Waals surface area contributed by atoms with E-state index < -0.39 is 10.0 Å². The van der Waals surface area contributed by atoms with Gasteiger partial charge < -0.3 is 10.6 Å². The first-order chi connectivity index (χ1) is 12.8. The Morgan fingerprint density at radius 2 is 1.67 bits per heavy atom. The second kappa shape index (κ2) is 9.18. The molecule has 2 amide bonds. The number of carbonyl (C=O) groups excluding carboxylic acids is 2. The smallest absolute Gasteiger partial charge is 0.233 e. The number of carbonyl (C=O) groups is 2. The first-order valence-electron chi connectivity index (χ1n) is 8.55. The summed E-state index contributed by atoms with van der Waals surface area (Å²) in [6, 6.07) is 13.8. The molecule has 0 spiro atoms. The number of amides is 2. The first-order valence-corrected chi connectivity index (χ1v) is 10.2. The standard InChI is InChI=1S/C19H23N3O4S/c1-3-15-7-4-5-10-18(15)21-19(24)11-12-27(25,26)22-17-9-6-8-16(13-17)20-14(2)23/h4-10,13,22H,3,11-12H2,1-2H3,(H,20,23)(H,21,24). The van der Waals surface area contributed by atoms with Crippen LogP contribution in [-0.2, 0) is 26.0 Å². The summed E-state index contributed by atoms with van der Waals surface area (Å²) in [5.41, 5.74) is 2.48. The Morgan fingerprint density at radius 1 is 0.963 bits per heavy atom. The third-order valence-corrected chi connectivity index (χ3v) is 5.01. The SMILES string of the molecule is CCc1ccccc1NC(=O)CCS(=O)(=O)Nc1cccc(NC(C)=O)c1. The lowest BCUT2D eigenvalue weighted by Crippen LogP contribution is -2.22. The van der Waals surface area contributed by atoms with Crippen molar-refractivity contribution in [2.24, 2.45) is 0 Å². The van der Waals surface area contributed by atoms with Crippen LogP contribution in [0.3, 0.4) is 0 Å². The molecule has 27 heavy (non-hydrogen) atoms. The van der Waals surface area contributed by atoms with E-state index in [0.29, 0.717) is 17.1 Å². The number of rotatable bonds is 8. The third-order valence-electron chi connectivity index (χ3n) is 3.73. The molecule has 0 aliphatic rings. The summed E-state index contributed by atoms with van der Waals surface area (Å²) in [5, 5.41) is 5.33. The van der Waals surface area contributed by atoms with Crippen LogP contribution >= 0.6 is 0 Å². The van der Waals surface area contributed by atoms with Gasteiger partial charge in [0.15, 0.2) is 0 Å². The second-order valence-corrected chi connectivity index (χ2v) is 7.83. The Hall–Kier alpha value is -2.87. The van der Waals surface area contributed by atoms with Crippen LogP contribution in [-0.4, -0.2) is 26.0 Å². The molecule has 0 saturated carbocycles. The van der Waals surface area contributed by atoms with Crippen molar-refractivity contribution in [1.82, 2.24) is 0 Å². The summed E-state index contributed by atoms with van der Waals surface area (Å²) in [4.78, 5) is 23.2. The summed E-state index contributed by atoms with van der Waals surface area (Å²) in [6.07, 6.45) is 0.597. The van der Waals surface area contributed by atoms with Crippen LogP contribution in [0.5, 0.6) is 0 Å². The molecular weight excluding hydrogens is 366 g/mol. The number of nitrogens with one attached hydrogen (secondary N) is 3. The van der Waals surface area contributed by atoms with Gasteiger partial charge in [0.1, 0.15) is 0 Å². The highest BCUT2D eigenvalue weighted by atomic mass is 32.2. The van der Waals surface area contributed by atoms with Crippen LogP contribution in [0.4, 0.5) is 17.1 Å². The van der Waals surface area contributed by atoms with Gasteiger partial charge in [-0.15, -0.1) is 0 Å². The number of para-hydroxylation sites is 1. The van der Waals surface area contributed by atoms with E-state index in [2.05, 4.69) is 15.4 Å². The predicted octanol–water partition coefficient (Wildman–Crippen LogP) is 2.98.